The van der Waals surface area contributed by atoms with E-state index in [1.54, 1.807) is 4.31 Å². The molecule has 2 aliphatic rings. The maximum atomic E-state index is 12.0. The van der Waals surface area contributed by atoms with E-state index < -0.39 is 10.0 Å². The van der Waals surface area contributed by atoms with E-state index >= 15 is 0 Å². The highest BCUT2D eigenvalue weighted by molar-refractivity contribution is 7.89. The second-order valence-corrected chi connectivity index (χ2v) is 8.16. The van der Waals surface area contributed by atoms with Crippen molar-refractivity contribution in [1.82, 2.24) is 9.62 Å². The van der Waals surface area contributed by atoms with Crippen LogP contribution in [0.5, 0.6) is 0 Å². The fourth-order valence-electron chi connectivity index (χ4n) is 3.14. The minimum Gasteiger partial charge on any atom is -0.381 e. The maximum Gasteiger partial charge on any atom is 0.214 e. The van der Waals surface area contributed by atoms with Gasteiger partial charge in [-0.3, -0.25) is 0 Å². The van der Waals surface area contributed by atoms with Crippen LogP contribution in [0.2, 0.25) is 0 Å². The van der Waals surface area contributed by atoms with Gasteiger partial charge in [-0.05, 0) is 38.5 Å². The van der Waals surface area contributed by atoms with Crippen LogP contribution in [0, 0.1) is 5.92 Å². The van der Waals surface area contributed by atoms with Crippen LogP contribution < -0.4 is 5.32 Å². The van der Waals surface area contributed by atoms with E-state index in [0.29, 0.717) is 37.5 Å². The minimum atomic E-state index is -3.02. The summed E-state index contributed by atoms with van der Waals surface area (Å²) in [5, 5.41) is 3.66. The molecule has 20 heavy (non-hydrogen) atoms. The predicted octanol–water partition coefficient (Wildman–Crippen LogP) is 1.21. The Balaban J connectivity index is 1.76. The third-order valence-corrected chi connectivity index (χ3v) is 6.56. The van der Waals surface area contributed by atoms with Crippen molar-refractivity contribution in [2.24, 2.45) is 5.92 Å². The van der Waals surface area contributed by atoms with Crippen molar-refractivity contribution in [2.45, 2.75) is 51.6 Å². The van der Waals surface area contributed by atoms with Crippen LogP contribution in [-0.2, 0) is 14.8 Å². The lowest BCUT2D eigenvalue weighted by Crippen LogP contribution is -2.49. The van der Waals surface area contributed by atoms with Gasteiger partial charge in [-0.25, -0.2) is 12.7 Å². The van der Waals surface area contributed by atoms with Crippen molar-refractivity contribution in [3.05, 3.63) is 0 Å². The molecule has 0 bridgehead atoms. The van der Waals surface area contributed by atoms with Crippen molar-refractivity contribution < 1.29 is 13.2 Å². The molecule has 6 heteroatoms. The van der Waals surface area contributed by atoms with Crippen LogP contribution in [0.1, 0.15) is 39.5 Å². The van der Waals surface area contributed by atoms with E-state index in [4.69, 9.17) is 4.74 Å². The smallest absolute Gasteiger partial charge is 0.214 e. The molecule has 0 aromatic rings. The SMILES string of the molecule is CCCS(=O)(=O)N1CCC(NC(C)C2CCOC2)CC1. The lowest BCUT2D eigenvalue weighted by Gasteiger charge is -2.34. The van der Waals surface area contributed by atoms with Gasteiger partial charge in [0.25, 0.3) is 0 Å². The summed E-state index contributed by atoms with van der Waals surface area (Å²) in [6, 6.07) is 0.903. The highest BCUT2D eigenvalue weighted by atomic mass is 32.2. The van der Waals surface area contributed by atoms with Gasteiger partial charge in [-0.15, -0.1) is 0 Å². The van der Waals surface area contributed by atoms with Crippen molar-refractivity contribution in [1.29, 1.82) is 0 Å². The van der Waals surface area contributed by atoms with Gasteiger partial charge in [0.15, 0.2) is 0 Å². The van der Waals surface area contributed by atoms with Gasteiger partial charge in [-0.2, -0.15) is 0 Å². The molecule has 2 heterocycles. The van der Waals surface area contributed by atoms with Crippen LogP contribution >= 0.6 is 0 Å². The van der Waals surface area contributed by atoms with Crippen molar-refractivity contribution in [3.8, 4) is 0 Å². The van der Waals surface area contributed by atoms with E-state index in [0.717, 1.165) is 32.5 Å². The highest BCUT2D eigenvalue weighted by Crippen LogP contribution is 2.20. The molecule has 0 aliphatic carbocycles. The lowest BCUT2D eigenvalue weighted by atomic mass is 9.98. The Morgan fingerprint density at radius 1 is 1.30 bits per heavy atom. The summed E-state index contributed by atoms with van der Waals surface area (Å²) in [6.45, 7) is 7.20. The Kier molecular flexibility index (Phi) is 5.84. The first-order chi connectivity index (χ1) is 9.53. The fraction of sp³-hybridized carbons (Fsp3) is 1.00. The summed E-state index contributed by atoms with van der Waals surface area (Å²) in [6.07, 6.45) is 3.67. The van der Waals surface area contributed by atoms with Gasteiger partial charge in [0.05, 0.1) is 12.4 Å². The number of rotatable bonds is 6. The molecule has 2 rings (SSSR count). The molecule has 0 aromatic carbocycles. The van der Waals surface area contributed by atoms with E-state index in [1.807, 2.05) is 6.92 Å². The number of ether oxygens (including phenoxy) is 1. The van der Waals surface area contributed by atoms with Gasteiger partial charge in [0, 0.05) is 31.8 Å². The normalized spacial score (nSPS) is 27.8. The van der Waals surface area contributed by atoms with Crippen LogP contribution in [0.3, 0.4) is 0 Å². The summed E-state index contributed by atoms with van der Waals surface area (Å²) in [7, 11) is -3.02. The van der Waals surface area contributed by atoms with Crippen molar-refractivity contribution >= 4 is 10.0 Å². The molecular weight excluding hydrogens is 276 g/mol. The van der Waals surface area contributed by atoms with E-state index in [2.05, 4.69) is 12.2 Å². The Morgan fingerprint density at radius 3 is 2.55 bits per heavy atom. The van der Waals surface area contributed by atoms with Gasteiger partial charge in [-0.1, -0.05) is 6.92 Å². The molecule has 0 amide bonds. The van der Waals surface area contributed by atoms with Gasteiger partial charge in [0.2, 0.25) is 10.0 Å². The summed E-state index contributed by atoms with van der Waals surface area (Å²) in [5.41, 5.74) is 0. The van der Waals surface area contributed by atoms with Crippen LogP contribution in [-0.4, -0.2) is 56.9 Å². The van der Waals surface area contributed by atoms with Crippen LogP contribution in [0.4, 0.5) is 0 Å². The molecule has 5 nitrogen and oxygen atoms in total. The Hall–Kier alpha value is -0.170. The molecule has 2 aliphatic heterocycles. The van der Waals surface area contributed by atoms with Crippen molar-refractivity contribution in [3.63, 3.8) is 0 Å². The molecule has 0 saturated carbocycles. The fourth-order valence-corrected chi connectivity index (χ4v) is 4.68. The van der Waals surface area contributed by atoms with Gasteiger partial charge >= 0.3 is 0 Å². The first kappa shape index (κ1) is 16.2. The largest absolute Gasteiger partial charge is 0.381 e. The molecule has 2 unspecified atom stereocenters. The summed E-state index contributed by atoms with van der Waals surface area (Å²) >= 11 is 0. The summed E-state index contributed by atoms with van der Waals surface area (Å²) in [4.78, 5) is 0. The number of nitrogens with zero attached hydrogens (tertiary/aromatic N) is 1. The maximum absolute atomic E-state index is 12.0. The molecular formula is C14H28N2O3S. The second kappa shape index (κ2) is 7.20. The zero-order chi connectivity index (χ0) is 14.6. The first-order valence-corrected chi connectivity index (χ1v) is 9.45. The number of piperidine rings is 1. The summed E-state index contributed by atoms with van der Waals surface area (Å²) in [5.74, 6) is 0.887. The third kappa shape index (κ3) is 4.16. The summed E-state index contributed by atoms with van der Waals surface area (Å²) < 4.78 is 31.1. The first-order valence-electron chi connectivity index (χ1n) is 7.84. The van der Waals surface area contributed by atoms with Gasteiger partial charge in [0.1, 0.15) is 0 Å². The third-order valence-electron chi connectivity index (χ3n) is 4.48. The number of sulfonamides is 1. The number of hydrogen-bond acceptors (Lipinski definition) is 4. The van der Waals surface area contributed by atoms with E-state index in [-0.39, 0.29) is 5.75 Å². The zero-order valence-electron chi connectivity index (χ0n) is 12.7. The Labute approximate surface area is 123 Å². The topological polar surface area (TPSA) is 58.6 Å². The zero-order valence-corrected chi connectivity index (χ0v) is 13.5. The quantitative estimate of drug-likeness (QED) is 0.801. The molecule has 0 aromatic heterocycles. The Morgan fingerprint density at radius 2 is 2.00 bits per heavy atom. The van der Waals surface area contributed by atoms with Crippen LogP contribution in [0.15, 0.2) is 0 Å². The minimum absolute atomic E-state index is 0.279. The molecule has 2 fully saturated rings. The number of nitrogens with one attached hydrogen (secondary N) is 1. The average molecular weight is 304 g/mol. The number of hydrogen-bond donors (Lipinski definition) is 1. The standard InChI is InChI=1S/C14H28N2O3S/c1-3-10-20(17,18)16-7-4-14(5-8-16)15-12(2)13-6-9-19-11-13/h12-15H,3-11H2,1-2H3. The lowest BCUT2D eigenvalue weighted by molar-refractivity contribution is 0.173. The average Bonchev–Trinajstić information content (AvgIpc) is 2.93. The second-order valence-electron chi connectivity index (χ2n) is 6.07. The monoisotopic (exact) mass is 304 g/mol. The van der Waals surface area contributed by atoms with Crippen molar-refractivity contribution in [2.75, 3.05) is 32.1 Å². The molecule has 2 atom stereocenters. The van der Waals surface area contributed by atoms with Gasteiger partial charge < -0.3 is 10.1 Å². The van der Waals surface area contributed by atoms with Crippen LogP contribution in [0.25, 0.3) is 0 Å². The predicted molar refractivity (Wildman–Crippen MR) is 80.2 cm³/mol. The van der Waals surface area contributed by atoms with E-state index in [1.165, 1.54) is 0 Å². The molecule has 0 spiro atoms. The molecule has 2 saturated heterocycles. The molecule has 1 N–H and O–H groups in total. The highest BCUT2D eigenvalue weighted by Gasteiger charge is 2.29. The van der Waals surface area contributed by atoms with E-state index in [9.17, 15) is 8.42 Å². The molecule has 118 valence electrons. The Bertz CT molecular complexity index is 385. The molecule has 0 radical (unpaired) electrons.